The first-order valence-corrected chi connectivity index (χ1v) is 20.1. The molecule has 0 aromatic rings. The van der Waals surface area contributed by atoms with Crippen molar-refractivity contribution in [2.75, 3.05) is 112 Å². The molecule has 0 aliphatic heterocycles. The summed E-state index contributed by atoms with van der Waals surface area (Å²) in [5, 5.41) is 22.7. The molecule has 1 saturated carbocycles. The molecular weight excluding hydrogens is 750 g/mol. The second-order valence-corrected chi connectivity index (χ2v) is 13.7. The van der Waals surface area contributed by atoms with Gasteiger partial charge in [-0.1, -0.05) is 33.1 Å². The minimum absolute atomic E-state index is 0.00934. The maximum atomic E-state index is 12.6. The molecule has 1 atom stereocenters. The van der Waals surface area contributed by atoms with Crippen molar-refractivity contribution in [3.63, 3.8) is 0 Å². The number of hydrogen-bond donors (Lipinski definition) is 6. The summed E-state index contributed by atoms with van der Waals surface area (Å²) in [6.07, 6.45) is 5.51. The van der Waals surface area contributed by atoms with Crippen molar-refractivity contribution in [3.8, 4) is 0 Å². The van der Waals surface area contributed by atoms with Gasteiger partial charge in [0.2, 0.25) is 29.5 Å². The van der Waals surface area contributed by atoms with E-state index in [9.17, 15) is 38.7 Å². The first kappa shape index (κ1) is 51.3. The topological polar surface area (TPSA) is 255 Å². The van der Waals surface area contributed by atoms with Crippen molar-refractivity contribution in [2.24, 2.45) is 17.8 Å². The van der Waals surface area contributed by atoms with E-state index >= 15 is 0 Å². The van der Waals surface area contributed by atoms with Gasteiger partial charge in [0, 0.05) is 44.9 Å². The number of Topliss-reactive ketones (excluding diaryl/α,β-unsaturated/α-hetero) is 1. The highest BCUT2D eigenvalue weighted by Gasteiger charge is 2.29. The highest BCUT2D eigenvalue weighted by Crippen LogP contribution is 2.30. The average molecular weight is 818 g/mol. The molecule has 5 amide bonds. The lowest BCUT2D eigenvalue weighted by atomic mass is 9.78. The number of carbonyl (C=O) groups is 7. The third-order valence-corrected chi connectivity index (χ3v) is 8.81. The SMILES string of the molecule is CCCCNC(=O)CNC(=O)COCCOCCNC(=O)COCCOCCNC(=O)COCCOCCNC(=O)CC[C@H](CC(=O)C1CCC(C)CC1)C(=O)O. The molecule has 328 valence electrons. The molecule has 0 saturated heterocycles. The normalized spacial score (nSPS) is 15.6. The van der Waals surface area contributed by atoms with Crippen LogP contribution in [0, 0.1) is 17.8 Å². The molecular formula is C38H67N5O14. The Morgan fingerprint density at radius 2 is 1.00 bits per heavy atom. The molecule has 0 aromatic heterocycles. The van der Waals surface area contributed by atoms with Crippen molar-refractivity contribution in [1.29, 1.82) is 0 Å². The number of ketones is 1. The summed E-state index contributed by atoms with van der Waals surface area (Å²) >= 11 is 0. The second-order valence-electron chi connectivity index (χ2n) is 13.7. The van der Waals surface area contributed by atoms with Crippen LogP contribution in [0.5, 0.6) is 0 Å². The lowest BCUT2D eigenvalue weighted by Crippen LogP contribution is -2.38. The van der Waals surface area contributed by atoms with Crippen LogP contribution in [-0.2, 0) is 62.0 Å². The fourth-order valence-electron chi connectivity index (χ4n) is 5.44. The van der Waals surface area contributed by atoms with Gasteiger partial charge in [0.05, 0.1) is 71.9 Å². The summed E-state index contributed by atoms with van der Waals surface area (Å²) in [5.41, 5.74) is 0. The van der Waals surface area contributed by atoms with Gasteiger partial charge in [-0.2, -0.15) is 0 Å². The highest BCUT2D eigenvalue weighted by atomic mass is 16.5. The maximum Gasteiger partial charge on any atom is 0.306 e. The van der Waals surface area contributed by atoms with Crippen LogP contribution in [0.1, 0.15) is 71.6 Å². The minimum Gasteiger partial charge on any atom is -0.481 e. The Labute approximate surface area is 336 Å². The van der Waals surface area contributed by atoms with Crippen LogP contribution in [0.25, 0.3) is 0 Å². The zero-order valence-corrected chi connectivity index (χ0v) is 33.9. The predicted molar refractivity (Wildman–Crippen MR) is 206 cm³/mol. The number of amides is 5. The van der Waals surface area contributed by atoms with Crippen molar-refractivity contribution in [3.05, 3.63) is 0 Å². The van der Waals surface area contributed by atoms with Gasteiger partial charge in [0.25, 0.3) is 0 Å². The third-order valence-electron chi connectivity index (χ3n) is 8.81. The molecule has 0 spiro atoms. The summed E-state index contributed by atoms with van der Waals surface area (Å²) in [5.74, 6) is -3.00. The van der Waals surface area contributed by atoms with Gasteiger partial charge in [-0.3, -0.25) is 33.6 Å². The van der Waals surface area contributed by atoms with Crippen LogP contribution in [0.3, 0.4) is 0 Å². The van der Waals surface area contributed by atoms with Gasteiger partial charge < -0.3 is 60.1 Å². The summed E-state index contributed by atoms with van der Waals surface area (Å²) in [6, 6.07) is 0. The second kappa shape index (κ2) is 34.3. The van der Waals surface area contributed by atoms with Crippen LogP contribution in [0.15, 0.2) is 0 Å². The van der Waals surface area contributed by atoms with Gasteiger partial charge >= 0.3 is 5.97 Å². The molecule has 1 rings (SSSR count). The van der Waals surface area contributed by atoms with Crippen molar-refractivity contribution in [1.82, 2.24) is 26.6 Å². The van der Waals surface area contributed by atoms with Gasteiger partial charge in [-0.25, -0.2) is 0 Å². The molecule has 6 N–H and O–H groups in total. The third kappa shape index (κ3) is 30.1. The van der Waals surface area contributed by atoms with E-state index in [1.54, 1.807) is 0 Å². The number of ether oxygens (including phenoxy) is 6. The van der Waals surface area contributed by atoms with Crippen LogP contribution in [0.2, 0.25) is 0 Å². The summed E-state index contributed by atoms with van der Waals surface area (Å²) < 4.78 is 31.8. The number of nitrogens with one attached hydrogen (secondary N) is 5. The van der Waals surface area contributed by atoms with Gasteiger partial charge in [-0.05, 0) is 31.6 Å². The van der Waals surface area contributed by atoms with Gasteiger partial charge in [-0.15, -0.1) is 0 Å². The van der Waals surface area contributed by atoms with E-state index in [1.807, 2.05) is 6.92 Å². The van der Waals surface area contributed by atoms with Crippen molar-refractivity contribution in [2.45, 2.75) is 71.6 Å². The number of carbonyl (C=O) groups excluding carboxylic acids is 6. The number of hydrogen-bond acceptors (Lipinski definition) is 13. The Kier molecular flexibility index (Phi) is 30.9. The largest absolute Gasteiger partial charge is 0.481 e. The van der Waals surface area contributed by atoms with E-state index in [2.05, 4.69) is 33.5 Å². The zero-order valence-electron chi connectivity index (χ0n) is 33.9. The molecule has 1 aliphatic carbocycles. The Morgan fingerprint density at radius 1 is 0.561 bits per heavy atom. The monoisotopic (exact) mass is 817 g/mol. The number of rotatable bonds is 36. The Balaban J connectivity index is 1.87. The number of carboxylic acids is 1. The molecule has 0 bridgehead atoms. The molecule has 1 aliphatic rings. The van der Waals surface area contributed by atoms with Gasteiger partial charge in [0.15, 0.2) is 0 Å². The van der Waals surface area contributed by atoms with Gasteiger partial charge in [0.1, 0.15) is 25.6 Å². The van der Waals surface area contributed by atoms with Crippen molar-refractivity contribution >= 4 is 41.3 Å². The first-order chi connectivity index (χ1) is 27.5. The van der Waals surface area contributed by atoms with E-state index in [1.165, 1.54) is 0 Å². The molecule has 57 heavy (non-hydrogen) atoms. The Bertz CT molecular complexity index is 1170. The molecule has 0 unspecified atom stereocenters. The fourth-order valence-corrected chi connectivity index (χ4v) is 5.44. The Hall–Kier alpha value is -3.75. The molecule has 1 fully saturated rings. The van der Waals surface area contributed by atoms with E-state index < -0.39 is 17.8 Å². The summed E-state index contributed by atoms with van der Waals surface area (Å²) in [4.78, 5) is 83.3. The van der Waals surface area contributed by atoms with E-state index in [0.29, 0.717) is 12.5 Å². The molecule has 0 radical (unpaired) electrons. The average Bonchev–Trinajstić information content (AvgIpc) is 3.18. The first-order valence-electron chi connectivity index (χ1n) is 20.1. The molecule has 19 heteroatoms. The zero-order chi connectivity index (χ0) is 41.9. The predicted octanol–water partition coefficient (Wildman–Crippen LogP) is -0.266. The number of aliphatic carboxylic acids is 1. The lowest BCUT2D eigenvalue weighted by molar-refractivity contribution is -0.145. The highest BCUT2D eigenvalue weighted by molar-refractivity contribution is 5.86. The molecule has 0 heterocycles. The van der Waals surface area contributed by atoms with E-state index in [-0.39, 0.29) is 160 Å². The van der Waals surface area contributed by atoms with E-state index in [0.717, 1.165) is 38.5 Å². The maximum absolute atomic E-state index is 12.6. The summed E-state index contributed by atoms with van der Waals surface area (Å²) in [7, 11) is 0. The smallest absolute Gasteiger partial charge is 0.306 e. The van der Waals surface area contributed by atoms with Crippen LogP contribution >= 0.6 is 0 Å². The summed E-state index contributed by atoms with van der Waals surface area (Å²) in [6.45, 7) is 6.85. The lowest BCUT2D eigenvalue weighted by Gasteiger charge is -2.25. The molecule has 0 aromatic carbocycles. The Morgan fingerprint density at radius 3 is 1.47 bits per heavy atom. The standard InChI is InChI=1S/C38H67N5O14/c1-3-4-11-39-34(46)25-43-37(49)28-57-23-20-54-17-14-42-36(48)27-56-22-19-53-16-13-41-35(47)26-55-21-18-52-15-12-40-33(45)10-9-31(38(50)51)24-32(44)30-7-5-29(2)6-8-30/h29-31H,3-28H2,1-2H3,(H,39,46)(H,40,45)(H,41,47)(H,42,48)(H,43,49)(H,50,51)/t29?,30?,31-/m1/s1. The van der Waals surface area contributed by atoms with Crippen LogP contribution in [0.4, 0.5) is 0 Å². The number of unbranched alkanes of at least 4 members (excludes halogenated alkanes) is 1. The van der Waals surface area contributed by atoms with Crippen LogP contribution in [-0.4, -0.2) is 158 Å². The van der Waals surface area contributed by atoms with E-state index in [4.69, 9.17) is 28.4 Å². The quantitative estimate of drug-likeness (QED) is 0.0446. The number of carboxylic acid groups (broad SMARTS) is 1. The fraction of sp³-hybridized carbons (Fsp3) is 0.816. The molecule has 19 nitrogen and oxygen atoms in total. The van der Waals surface area contributed by atoms with Crippen molar-refractivity contribution < 1.29 is 67.1 Å². The minimum atomic E-state index is -1.06. The van der Waals surface area contributed by atoms with Crippen LogP contribution < -0.4 is 26.6 Å².